The fourth-order valence-corrected chi connectivity index (χ4v) is 1.59. The van der Waals surface area contributed by atoms with Crippen LogP contribution in [0, 0.1) is 0 Å². The number of hydrogen-bond acceptors (Lipinski definition) is 3. The van der Waals surface area contributed by atoms with Crippen molar-refractivity contribution in [3.05, 3.63) is 18.0 Å². The van der Waals surface area contributed by atoms with Gasteiger partial charge < -0.3 is 5.32 Å². The van der Waals surface area contributed by atoms with Gasteiger partial charge in [-0.1, -0.05) is 6.92 Å². The molecular weight excluding hydrogens is 190 g/mol. The van der Waals surface area contributed by atoms with Crippen LogP contribution >= 0.6 is 0 Å². The number of nitrogens with one attached hydrogen (secondary N) is 1. The van der Waals surface area contributed by atoms with Crippen LogP contribution in [0.25, 0.3) is 0 Å². The number of hydrogen-bond donors (Lipinski definition) is 1. The van der Waals surface area contributed by atoms with Crippen LogP contribution in [-0.4, -0.2) is 28.2 Å². The SMILES string of the molecule is CCNC(C)CC(=O)Cc1ccn(C)n1. The molecule has 0 saturated carbocycles. The van der Waals surface area contributed by atoms with Gasteiger partial charge in [0.1, 0.15) is 5.78 Å². The minimum absolute atomic E-state index is 0.238. The van der Waals surface area contributed by atoms with E-state index in [9.17, 15) is 4.79 Å². The highest BCUT2D eigenvalue weighted by molar-refractivity contribution is 5.80. The average molecular weight is 209 g/mol. The van der Waals surface area contributed by atoms with Gasteiger partial charge in [-0.2, -0.15) is 5.10 Å². The van der Waals surface area contributed by atoms with Crippen LogP contribution in [-0.2, 0) is 18.3 Å². The highest BCUT2D eigenvalue weighted by Gasteiger charge is 2.10. The molecule has 0 aliphatic heterocycles. The van der Waals surface area contributed by atoms with Crippen LogP contribution < -0.4 is 5.32 Å². The Hall–Kier alpha value is -1.16. The molecule has 0 radical (unpaired) electrons. The Labute approximate surface area is 90.7 Å². The third-order valence-electron chi connectivity index (χ3n) is 2.23. The highest BCUT2D eigenvalue weighted by Crippen LogP contribution is 2.01. The van der Waals surface area contributed by atoms with E-state index in [0.29, 0.717) is 12.8 Å². The van der Waals surface area contributed by atoms with E-state index in [4.69, 9.17) is 0 Å². The van der Waals surface area contributed by atoms with Gasteiger partial charge in [0.25, 0.3) is 0 Å². The molecule has 4 nitrogen and oxygen atoms in total. The van der Waals surface area contributed by atoms with E-state index in [1.807, 2.05) is 33.2 Å². The van der Waals surface area contributed by atoms with Gasteiger partial charge in [0, 0.05) is 25.7 Å². The third-order valence-corrected chi connectivity index (χ3v) is 2.23. The summed E-state index contributed by atoms with van der Waals surface area (Å²) in [6.07, 6.45) is 2.87. The minimum Gasteiger partial charge on any atom is -0.314 e. The van der Waals surface area contributed by atoms with E-state index in [1.165, 1.54) is 0 Å². The topological polar surface area (TPSA) is 46.9 Å². The van der Waals surface area contributed by atoms with Crippen molar-refractivity contribution in [1.82, 2.24) is 15.1 Å². The smallest absolute Gasteiger partial charge is 0.140 e. The predicted molar refractivity (Wildman–Crippen MR) is 59.7 cm³/mol. The summed E-state index contributed by atoms with van der Waals surface area (Å²) in [6.45, 7) is 4.97. The largest absolute Gasteiger partial charge is 0.314 e. The summed E-state index contributed by atoms with van der Waals surface area (Å²) in [6, 6.07) is 2.14. The summed E-state index contributed by atoms with van der Waals surface area (Å²) in [5.41, 5.74) is 0.853. The quantitative estimate of drug-likeness (QED) is 0.758. The lowest BCUT2D eigenvalue weighted by Gasteiger charge is -2.10. The molecule has 0 aliphatic carbocycles. The first kappa shape index (κ1) is 11.9. The fraction of sp³-hybridized carbons (Fsp3) is 0.636. The van der Waals surface area contributed by atoms with Crippen LogP contribution in [0.5, 0.6) is 0 Å². The maximum Gasteiger partial charge on any atom is 0.140 e. The molecule has 0 aliphatic rings. The molecule has 1 rings (SSSR count). The lowest BCUT2D eigenvalue weighted by Crippen LogP contribution is -2.28. The Balaban J connectivity index is 2.36. The Morgan fingerprint density at radius 1 is 1.67 bits per heavy atom. The van der Waals surface area contributed by atoms with Gasteiger partial charge in [0.15, 0.2) is 0 Å². The molecule has 1 aromatic rings. The van der Waals surface area contributed by atoms with Crippen LogP contribution in [0.1, 0.15) is 26.0 Å². The van der Waals surface area contributed by atoms with Gasteiger partial charge in [-0.25, -0.2) is 0 Å². The summed E-state index contributed by atoms with van der Waals surface area (Å²) in [5, 5.41) is 7.40. The number of aromatic nitrogens is 2. The molecule has 1 atom stereocenters. The second-order valence-electron chi connectivity index (χ2n) is 3.86. The van der Waals surface area contributed by atoms with E-state index in [0.717, 1.165) is 12.2 Å². The molecule has 1 heterocycles. The molecule has 1 aromatic heterocycles. The van der Waals surface area contributed by atoms with Crippen molar-refractivity contribution < 1.29 is 4.79 Å². The molecule has 1 N–H and O–H groups in total. The van der Waals surface area contributed by atoms with E-state index >= 15 is 0 Å². The van der Waals surface area contributed by atoms with Crippen molar-refractivity contribution in [2.75, 3.05) is 6.54 Å². The molecule has 15 heavy (non-hydrogen) atoms. The van der Waals surface area contributed by atoms with Crippen molar-refractivity contribution in [1.29, 1.82) is 0 Å². The molecule has 84 valence electrons. The second-order valence-corrected chi connectivity index (χ2v) is 3.86. The number of carbonyl (C=O) groups excluding carboxylic acids is 1. The molecule has 1 unspecified atom stereocenters. The van der Waals surface area contributed by atoms with Gasteiger partial charge in [0.05, 0.1) is 12.1 Å². The lowest BCUT2D eigenvalue weighted by atomic mass is 10.1. The zero-order valence-corrected chi connectivity index (χ0v) is 9.66. The predicted octanol–water partition coefficient (Wildman–Crippen LogP) is 0.920. The summed E-state index contributed by atoms with van der Waals surface area (Å²) in [7, 11) is 1.86. The van der Waals surface area contributed by atoms with Gasteiger partial charge in [-0.3, -0.25) is 9.48 Å². The Kier molecular flexibility index (Phi) is 4.49. The normalized spacial score (nSPS) is 12.7. The van der Waals surface area contributed by atoms with Crippen LogP contribution in [0.3, 0.4) is 0 Å². The maximum atomic E-state index is 11.6. The maximum absolute atomic E-state index is 11.6. The molecule has 0 aromatic carbocycles. The standard InChI is InChI=1S/C11H19N3O/c1-4-12-9(2)7-11(15)8-10-5-6-14(3)13-10/h5-6,9,12H,4,7-8H2,1-3H3. The first-order valence-electron chi connectivity index (χ1n) is 5.35. The number of Topliss-reactive ketones (excluding diaryl/α,β-unsaturated/α-hetero) is 1. The Morgan fingerprint density at radius 2 is 2.40 bits per heavy atom. The van der Waals surface area contributed by atoms with Crippen LogP contribution in [0.2, 0.25) is 0 Å². The lowest BCUT2D eigenvalue weighted by molar-refractivity contribution is -0.118. The van der Waals surface area contributed by atoms with Crippen molar-refractivity contribution in [3.8, 4) is 0 Å². The molecule has 0 spiro atoms. The van der Waals surface area contributed by atoms with Gasteiger partial charge in [-0.05, 0) is 19.5 Å². The zero-order chi connectivity index (χ0) is 11.3. The average Bonchev–Trinajstić information content (AvgIpc) is 2.51. The highest BCUT2D eigenvalue weighted by atomic mass is 16.1. The van der Waals surface area contributed by atoms with Crippen molar-refractivity contribution in [3.63, 3.8) is 0 Å². The molecule has 4 heteroatoms. The van der Waals surface area contributed by atoms with E-state index < -0.39 is 0 Å². The number of carbonyl (C=O) groups is 1. The summed E-state index contributed by atoms with van der Waals surface area (Å²) in [5.74, 6) is 0.238. The minimum atomic E-state index is 0.238. The fourth-order valence-electron chi connectivity index (χ4n) is 1.59. The number of rotatable bonds is 6. The van der Waals surface area contributed by atoms with E-state index in [1.54, 1.807) is 4.68 Å². The third kappa shape index (κ3) is 4.25. The van der Waals surface area contributed by atoms with Gasteiger partial charge in [-0.15, -0.1) is 0 Å². The van der Waals surface area contributed by atoms with E-state index in [2.05, 4.69) is 10.4 Å². The van der Waals surface area contributed by atoms with Gasteiger partial charge in [0.2, 0.25) is 0 Å². The Bertz CT molecular complexity index is 319. The molecule has 0 amide bonds. The van der Waals surface area contributed by atoms with E-state index in [-0.39, 0.29) is 11.8 Å². The van der Waals surface area contributed by atoms with Crippen molar-refractivity contribution >= 4 is 5.78 Å². The number of ketones is 1. The Morgan fingerprint density at radius 3 is 2.93 bits per heavy atom. The molecular formula is C11H19N3O. The number of nitrogens with zero attached hydrogens (tertiary/aromatic N) is 2. The van der Waals surface area contributed by atoms with Gasteiger partial charge >= 0.3 is 0 Å². The second kappa shape index (κ2) is 5.66. The van der Waals surface area contributed by atoms with Crippen molar-refractivity contribution in [2.45, 2.75) is 32.7 Å². The van der Waals surface area contributed by atoms with Crippen LogP contribution in [0.15, 0.2) is 12.3 Å². The first-order chi connectivity index (χ1) is 7.11. The monoisotopic (exact) mass is 209 g/mol. The summed E-state index contributed by atoms with van der Waals surface area (Å²) < 4.78 is 1.72. The zero-order valence-electron chi connectivity index (χ0n) is 9.66. The van der Waals surface area contributed by atoms with Crippen molar-refractivity contribution in [2.24, 2.45) is 7.05 Å². The first-order valence-corrected chi connectivity index (χ1v) is 5.35. The molecule has 0 fully saturated rings. The summed E-state index contributed by atoms with van der Waals surface area (Å²) in [4.78, 5) is 11.6. The van der Waals surface area contributed by atoms with Crippen LogP contribution in [0.4, 0.5) is 0 Å². The summed E-state index contributed by atoms with van der Waals surface area (Å²) >= 11 is 0. The molecule has 0 bridgehead atoms. The number of aryl methyl sites for hydroxylation is 1. The molecule has 0 saturated heterocycles.